The minimum Gasteiger partial charge on any atom is -0.497 e. The van der Waals surface area contributed by atoms with Crippen molar-refractivity contribution >= 4 is 21.9 Å². The zero-order valence-corrected chi connectivity index (χ0v) is 10.9. The van der Waals surface area contributed by atoms with Gasteiger partial charge >= 0.3 is 5.97 Å². The molecule has 0 amide bonds. The highest BCUT2D eigenvalue weighted by Gasteiger charge is 2.10. The quantitative estimate of drug-likeness (QED) is 0.777. The molecule has 1 aromatic carbocycles. The van der Waals surface area contributed by atoms with E-state index in [0.717, 1.165) is 0 Å². The van der Waals surface area contributed by atoms with Crippen molar-refractivity contribution < 1.29 is 14.3 Å². The lowest BCUT2D eigenvalue weighted by molar-refractivity contribution is 0.0599. The second-order valence-corrected chi connectivity index (χ2v) is 3.19. The van der Waals surface area contributed by atoms with Gasteiger partial charge in [-0.25, -0.2) is 4.79 Å². The Kier molecular flexibility index (Phi) is 6.79. The van der Waals surface area contributed by atoms with E-state index in [0.29, 0.717) is 15.8 Å². The van der Waals surface area contributed by atoms with Crippen LogP contribution >= 0.6 is 15.9 Å². The van der Waals surface area contributed by atoms with Crippen LogP contribution < -0.4 is 4.74 Å². The molecule has 0 aliphatic carbocycles. The van der Waals surface area contributed by atoms with Gasteiger partial charge in [0.1, 0.15) is 5.75 Å². The van der Waals surface area contributed by atoms with Gasteiger partial charge in [-0.1, -0.05) is 13.8 Å². The van der Waals surface area contributed by atoms with Crippen molar-refractivity contribution in [2.75, 3.05) is 14.2 Å². The van der Waals surface area contributed by atoms with E-state index >= 15 is 0 Å². The number of halogens is 1. The minimum atomic E-state index is -0.366. The van der Waals surface area contributed by atoms with Crippen molar-refractivity contribution in [2.45, 2.75) is 13.8 Å². The molecule has 0 N–H and O–H groups in total. The highest BCUT2D eigenvalue weighted by Crippen LogP contribution is 2.23. The Labute approximate surface area is 98.5 Å². The molecule has 0 heterocycles. The average molecular weight is 275 g/mol. The molecule has 0 fully saturated rings. The van der Waals surface area contributed by atoms with E-state index in [1.807, 2.05) is 13.8 Å². The topological polar surface area (TPSA) is 35.5 Å². The summed E-state index contributed by atoms with van der Waals surface area (Å²) in [6.45, 7) is 4.00. The van der Waals surface area contributed by atoms with Crippen LogP contribution in [0.4, 0.5) is 0 Å². The first-order chi connectivity index (χ1) is 7.19. The highest BCUT2D eigenvalue weighted by molar-refractivity contribution is 9.10. The van der Waals surface area contributed by atoms with Crippen molar-refractivity contribution in [3.05, 3.63) is 28.2 Å². The van der Waals surface area contributed by atoms with Gasteiger partial charge < -0.3 is 9.47 Å². The Morgan fingerprint density at radius 1 is 1.27 bits per heavy atom. The van der Waals surface area contributed by atoms with Gasteiger partial charge in [0, 0.05) is 4.47 Å². The Bertz CT molecular complexity index is 324. The van der Waals surface area contributed by atoms with E-state index in [1.54, 1.807) is 25.3 Å². The smallest absolute Gasteiger partial charge is 0.339 e. The lowest BCUT2D eigenvalue weighted by Gasteiger charge is -2.04. The maximum absolute atomic E-state index is 11.1. The van der Waals surface area contributed by atoms with Gasteiger partial charge in [-0.2, -0.15) is 0 Å². The standard InChI is InChI=1S/C9H9BrO3.C2H6/c1-12-6-3-4-7(8(10)5-6)9(11)13-2;1-2/h3-5H,1-2H3;1-2H3. The average Bonchev–Trinajstić information content (AvgIpc) is 2.30. The molecule has 0 atom stereocenters. The summed E-state index contributed by atoms with van der Waals surface area (Å²) in [6.07, 6.45) is 0. The predicted octanol–water partition coefficient (Wildman–Crippen LogP) is 3.27. The fraction of sp³-hybridized carbons (Fsp3) is 0.364. The SMILES string of the molecule is CC.COC(=O)c1ccc(OC)cc1Br. The first kappa shape index (κ1) is 14.0. The van der Waals surface area contributed by atoms with E-state index in [1.165, 1.54) is 7.11 Å². The lowest BCUT2D eigenvalue weighted by atomic mass is 10.2. The maximum atomic E-state index is 11.1. The number of benzene rings is 1. The third-order valence-corrected chi connectivity index (χ3v) is 2.24. The van der Waals surface area contributed by atoms with Gasteiger partial charge in [-0.05, 0) is 34.1 Å². The maximum Gasteiger partial charge on any atom is 0.339 e. The highest BCUT2D eigenvalue weighted by atomic mass is 79.9. The van der Waals surface area contributed by atoms with Gasteiger partial charge in [0.2, 0.25) is 0 Å². The molecule has 0 radical (unpaired) electrons. The molecule has 0 saturated heterocycles. The molecule has 0 saturated carbocycles. The molecule has 1 rings (SSSR count). The Morgan fingerprint density at radius 3 is 2.27 bits per heavy atom. The van der Waals surface area contributed by atoms with Crippen LogP contribution in [-0.4, -0.2) is 20.2 Å². The van der Waals surface area contributed by atoms with Crippen molar-refractivity contribution in [1.29, 1.82) is 0 Å². The monoisotopic (exact) mass is 274 g/mol. The molecular weight excluding hydrogens is 260 g/mol. The molecule has 0 aliphatic rings. The first-order valence-corrected chi connectivity index (χ1v) is 5.40. The van der Waals surface area contributed by atoms with Gasteiger partial charge in [-0.15, -0.1) is 0 Å². The Hall–Kier alpha value is -1.03. The fourth-order valence-corrected chi connectivity index (χ4v) is 1.42. The van der Waals surface area contributed by atoms with Crippen LogP contribution in [0.3, 0.4) is 0 Å². The van der Waals surface area contributed by atoms with Crippen LogP contribution in [0.15, 0.2) is 22.7 Å². The van der Waals surface area contributed by atoms with Crippen LogP contribution in [0.2, 0.25) is 0 Å². The fourth-order valence-electron chi connectivity index (χ4n) is 0.898. The molecule has 0 unspecified atom stereocenters. The van der Waals surface area contributed by atoms with Gasteiger partial charge in [0.25, 0.3) is 0 Å². The third-order valence-electron chi connectivity index (χ3n) is 1.58. The van der Waals surface area contributed by atoms with Crippen molar-refractivity contribution in [3.8, 4) is 5.75 Å². The Morgan fingerprint density at radius 2 is 1.87 bits per heavy atom. The molecule has 15 heavy (non-hydrogen) atoms. The third kappa shape index (κ3) is 3.91. The zero-order valence-electron chi connectivity index (χ0n) is 9.33. The van der Waals surface area contributed by atoms with Crippen LogP contribution in [0.25, 0.3) is 0 Å². The summed E-state index contributed by atoms with van der Waals surface area (Å²) in [5.74, 6) is 0.328. The second kappa shape index (κ2) is 7.29. The number of hydrogen-bond acceptors (Lipinski definition) is 3. The normalized spacial score (nSPS) is 8.60. The van der Waals surface area contributed by atoms with E-state index < -0.39 is 0 Å². The molecule has 0 aliphatic heterocycles. The first-order valence-electron chi connectivity index (χ1n) is 4.61. The summed E-state index contributed by atoms with van der Waals surface area (Å²) in [6, 6.07) is 5.07. The molecule has 84 valence electrons. The van der Waals surface area contributed by atoms with Crippen molar-refractivity contribution in [3.63, 3.8) is 0 Å². The zero-order chi connectivity index (χ0) is 11.8. The van der Waals surface area contributed by atoms with Crippen molar-refractivity contribution in [1.82, 2.24) is 0 Å². The van der Waals surface area contributed by atoms with Crippen LogP contribution in [0.1, 0.15) is 24.2 Å². The van der Waals surface area contributed by atoms with Crippen LogP contribution in [0.5, 0.6) is 5.75 Å². The van der Waals surface area contributed by atoms with Crippen LogP contribution in [0, 0.1) is 0 Å². The molecule has 0 bridgehead atoms. The van der Waals surface area contributed by atoms with Crippen LogP contribution in [-0.2, 0) is 4.74 Å². The van der Waals surface area contributed by atoms with E-state index in [9.17, 15) is 4.79 Å². The minimum absolute atomic E-state index is 0.366. The summed E-state index contributed by atoms with van der Waals surface area (Å²) in [4.78, 5) is 11.1. The number of methoxy groups -OCH3 is 2. The largest absolute Gasteiger partial charge is 0.497 e. The number of carbonyl (C=O) groups excluding carboxylic acids is 1. The van der Waals surface area contributed by atoms with E-state index in [-0.39, 0.29) is 5.97 Å². The summed E-state index contributed by atoms with van der Waals surface area (Å²) >= 11 is 3.25. The number of rotatable bonds is 2. The van der Waals surface area contributed by atoms with Gasteiger partial charge in [-0.3, -0.25) is 0 Å². The molecule has 0 spiro atoms. The molecule has 4 heteroatoms. The van der Waals surface area contributed by atoms with E-state index in [4.69, 9.17) is 4.74 Å². The number of hydrogen-bond donors (Lipinski definition) is 0. The summed E-state index contributed by atoms with van der Waals surface area (Å²) in [7, 11) is 2.92. The number of ether oxygens (including phenoxy) is 2. The molecule has 0 aromatic heterocycles. The Balaban J connectivity index is 0.000000921. The van der Waals surface area contributed by atoms with Crippen molar-refractivity contribution in [2.24, 2.45) is 0 Å². The van der Waals surface area contributed by atoms with E-state index in [2.05, 4.69) is 20.7 Å². The van der Waals surface area contributed by atoms with Gasteiger partial charge in [0.15, 0.2) is 0 Å². The molecule has 3 nitrogen and oxygen atoms in total. The second-order valence-electron chi connectivity index (χ2n) is 2.34. The van der Waals surface area contributed by atoms with Gasteiger partial charge in [0.05, 0.1) is 19.8 Å². The number of esters is 1. The summed E-state index contributed by atoms with van der Waals surface area (Å²) in [5.41, 5.74) is 0.489. The molecular formula is C11H15BrO3. The lowest BCUT2D eigenvalue weighted by Crippen LogP contribution is -2.02. The summed E-state index contributed by atoms with van der Waals surface area (Å²) in [5, 5.41) is 0. The predicted molar refractivity (Wildman–Crippen MR) is 63.4 cm³/mol. The summed E-state index contributed by atoms with van der Waals surface area (Å²) < 4.78 is 10.2. The molecule has 1 aromatic rings. The number of carbonyl (C=O) groups is 1.